The molecule has 1 aliphatic carbocycles. The zero-order valence-electron chi connectivity index (χ0n) is 21.0. The van der Waals surface area contributed by atoms with Crippen LogP contribution in [0.3, 0.4) is 0 Å². The van der Waals surface area contributed by atoms with Gasteiger partial charge in [-0.05, 0) is 48.6 Å². The lowest BCUT2D eigenvalue weighted by Crippen LogP contribution is -2.16. The molecule has 0 saturated carbocycles. The Hall–Kier alpha value is -1.70. The smallest absolute Gasteiger partial charge is 0.159 e. The highest BCUT2D eigenvalue weighted by Gasteiger charge is 2.20. The van der Waals surface area contributed by atoms with Crippen LogP contribution in [0.25, 0.3) is 11.4 Å². The fourth-order valence-corrected chi connectivity index (χ4v) is 5.19. The molecule has 0 radical (unpaired) electrons. The molecular weight excluding hydrogens is 388 g/mol. The second kappa shape index (κ2) is 13.8. The van der Waals surface area contributed by atoms with Crippen LogP contribution in [-0.4, -0.2) is 9.97 Å². The van der Waals surface area contributed by atoms with Crippen LogP contribution in [0.5, 0.6) is 0 Å². The van der Waals surface area contributed by atoms with Crippen LogP contribution in [0.15, 0.2) is 30.5 Å². The first-order valence-electron chi connectivity index (χ1n) is 13.7. The van der Waals surface area contributed by atoms with Crippen LogP contribution in [0.4, 0.5) is 0 Å². The first kappa shape index (κ1) is 24.9. The van der Waals surface area contributed by atoms with Crippen LogP contribution < -0.4 is 0 Å². The van der Waals surface area contributed by atoms with E-state index in [9.17, 15) is 0 Å². The molecule has 3 rings (SSSR count). The van der Waals surface area contributed by atoms with E-state index in [1.54, 1.807) is 0 Å². The number of aryl methyl sites for hydroxylation is 1. The fraction of sp³-hybridized carbons (Fsp3) is 0.667. The van der Waals surface area contributed by atoms with Crippen LogP contribution in [0, 0.1) is 5.92 Å². The summed E-state index contributed by atoms with van der Waals surface area (Å²) >= 11 is 0. The SMILES string of the molecule is CCCCCCCCC1CCc2nc(-c3ccc(C(C)CCCCCC)cc3)ncc2C1. The first-order valence-corrected chi connectivity index (χ1v) is 13.7. The number of benzene rings is 1. The Morgan fingerprint density at radius 2 is 1.56 bits per heavy atom. The number of nitrogens with zero attached hydrogens (tertiary/aromatic N) is 2. The van der Waals surface area contributed by atoms with Crippen molar-refractivity contribution in [2.75, 3.05) is 0 Å². The van der Waals surface area contributed by atoms with Crippen LogP contribution >= 0.6 is 0 Å². The number of rotatable bonds is 14. The molecule has 0 aliphatic heterocycles. The van der Waals surface area contributed by atoms with E-state index in [0.717, 1.165) is 23.7 Å². The highest BCUT2D eigenvalue weighted by atomic mass is 14.9. The monoisotopic (exact) mass is 434 g/mol. The Kier molecular flexibility index (Phi) is 10.7. The molecule has 2 nitrogen and oxygen atoms in total. The number of hydrogen-bond donors (Lipinski definition) is 0. The number of fused-ring (bicyclic) bond motifs is 1. The summed E-state index contributed by atoms with van der Waals surface area (Å²) in [5, 5.41) is 0. The van der Waals surface area contributed by atoms with E-state index in [1.165, 1.54) is 107 Å². The molecule has 0 fully saturated rings. The van der Waals surface area contributed by atoms with Crippen LogP contribution in [0.2, 0.25) is 0 Å². The third kappa shape index (κ3) is 7.71. The minimum absolute atomic E-state index is 0.633. The number of hydrogen-bond acceptors (Lipinski definition) is 2. The van der Waals surface area contributed by atoms with Gasteiger partial charge in [0.05, 0.1) is 0 Å². The molecule has 2 atom stereocenters. The Balaban J connectivity index is 1.50. The van der Waals surface area contributed by atoms with E-state index in [0.29, 0.717) is 5.92 Å². The second-order valence-corrected chi connectivity index (χ2v) is 10.2. The Labute approximate surface area is 197 Å². The topological polar surface area (TPSA) is 25.8 Å². The molecule has 2 heteroatoms. The maximum absolute atomic E-state index is 4.98. The van der Waals surface area contributed by atoms with Gasteiger partial charge >= 0.3 is 0 Å². The maximum atomic E-state index is 4.98. The average Bonchev–Trinajstić information content (AvgIpc) is 2.83. The largest absolute Gasteiger partial charge is 0.236 e. The summed E-state index contributed by atoms with van der Waals surface area (Å²) in [6.07, 6.45) is 22.1. The van der Waals surface area contributed by atoms with Crippen molar-refractivity contribution in [3.63, 3.8) is 0 Å². The van der Waals surface area contributed by atoms with Crippen molar-refractivity contribution >= 4 is 0 Å². The van der Waals surface area contributed by atoms with Gasteiger partial charge in [0.1, 0.15) is 0 Å². The zero-order chi connectivity index (χ0) is 22.6. The second-order valence-electron chi connectivity index (χ2n) is 10.2. The fourth-order valence-electron chi connectivity index (χ4n) is 5.19. The summed E-state index contributed by atoms with van der Waals surface area (Å²) < 4.78 is 0. The lowest BCUT2D eigenvalue weighted by molar-refractivity contribution is 0.400. The molecule has 0 N–H and O–H groups in total. The molecule has 176 valence electrons. The number of unbranched alkanes of at least 4 members (excludes halogenated alkanes) is 8. The third-order valence-electron chi connectivity index (χ3n) is 7.45. The molecule has 1 aromatic carbocycles. The zero-order valence-corrected chi connectivity index (χ0v) is 21.0. The Bertz CT molecular complexity index is 780. The molecule has 0 amide bonds. The van der Waals surface area contributed by atoms with Crippen molar-refractivity contribution in [3.05, 3.63) is 47.3 Å². The van der Waals surface area contributed by atoms with E-state index in [2.05, 4.69) is 51.2 Å². The van der Waals surface area contributed by atoms with Crippen LogP contribution in [0.1, 0.15) is 127 Å². The molecule has 1 heterocycles. The Morgan fingerprint density at radius 1 is 0.875 bits per heavy atom. The normalized spacial score (nSPS) is 16.7. The molecular formula is C30H46N2. The van der Waals surface area contributed by atoms with Gasteiger partial charge in [0.2, 0.25) is 0 Å². The predicted molar refractivity (Wildman–Crippen MR) is 138 cm³/mol. The van der Waals surface area contributed by atoms with E-state index in [4.69, 9.17) is 9.97 Å². The van der Waals surface area contributed by atoms with Crippen molar-refractivity contribution in [2.45, 2.75) is 123 Å². The minimum atomic E-state index is 0.633. The van der Waals surface area contributed by atoms with E-state index in [1.807, 2.05) is 0 Å². The van der Waals surface area contributed by atoms with Gasteiger partial charge in [0.15, 0.2) is 5.82 Å². The maximum Gasteiger partial charge on any atom is 0.159 e. The molecule has 2 unspecified atom stereocenters. The molecule has 1 aliphatic rings. The van der Waals surface area contributed by atoms with Gasteiger partial charge in [0.25, 0.3) is 0 Å². The average molecular weight is 435 g/mol. The van der Waals surface area contributed by atoms with Crippen molar-refractivity contribution in [3.8, 4) is 11.4 Å². The van der Waals surface area contributed by atoms with Crippen molar-refractivity contribution < 1.29 is 0 Å². The van der Waals surface area contributed by atoms with Gasteiger partial charge in [-0.3, -0.25) is 0 Å². The summed E-state index contributed by atoms with van der Waals surface area (Å²) in [6, 6.07) is 9.03. The quantitative estimate of drug-likeness (QED) is 0.277. The molecule has 32 heavy (non-hydrogen) atoms. The molecule has 2 aromatic rings. The summed E-state index contributed by atoms with van der Waals surface area (Å²) in [5.74, 6) is 2.37. The van der Waals surface area contributed by atoms with Crippen LogP contribution in [-0.2, 0) is 12.8 Å². The lowest BCUT2D eigenvalue weighted by Gasteiger charge is -2.24. The first-order chi connectivity index (χ1) is 15.7. The van der Waals surface area contributed by atoms with E-state index >= 15 is 0 Å². The van der Waals surface area contributed by atoms with Crippen molar-refractivity contribution in [1.29, 1.82) is 0 Å². The van der Waals surface area contributed by atoms with Gasteiger partial charge < -0.3 is 0 Å². The third-order valence-corrected chi connectivity index (χ3v) is 7.45. The Morgan fingerprint density at radius 3 is 2.31 bits per heavy atom. The van der Waals surface area contributed by atoms with E-state index in [-0.39, 0.29) is 0 Å². The standard InChI is InChI=1S/C30H46N2/c1-4-6-8-10-11-13-15-25-16-21-29-28(22-25)23-31-30(32-29)27-19-17-26(18-20-27)24(3)14-12-9-7-5-2/h17-20,23-25H,4-16,21-22H2,1-3H3. The molecule has 1 aromatic heterocycles. The molecule has 0 bridgehead atoms. The summed E-state index contributed by atoms with van der Waals surface area (Å²) in [7, 11) is 0. The van der Waals surface area contributed by atoms with E-state index < -0.39 is 0 Å². The van der Waals surface area contributed by atoms with Crippen molar-refractivity contribution in [1.82, 2.24) is 9.97 Å². The molecule has 0 spiro atoms. The summed E-state index contributed by atoms with van der Waals surface area (Å²) in [6.45, 7) is 6.93. The summed E-state index contributed by atoms with van der Waals surface area (Å²) in [4.78, 5) is 9.74. The molecule has 0 saturated heterocycles. The number of aromatic nitrogens is 2. The highest BCUT2D eigenvalue weighted by molar-refractivity contribution is 5.56. The minimum Gasteiger partial charge on any atom is -0.236 e. The van der Waals surface area contributed by atoms with Gasteiger partial charge in [-0.25, -0.2) is 9.97 Å². The van der Waals surface area contributed by atoms with Gasteiger partial charge in [-0.2, -0.15) is 0 Å². The van der Waals surface area contributed by atoms with Gasteiger partial charge in [-0.15, -0.1) is 0 Å². The summed E-state index contributed by atoms with van der Waals surface area (Å²) in [5.41, 5.74) is 5.29. The van der Waals surface area contributed by atoms with Gasteiger partial charge in [0, 0.05) is 17.5 Å². The van der Waals surface area contributed by atoms with Crippen molar-refractivity contribution in [2.24, 2.45) is 5.92 Å². The van der Waals surface area contributed by atoms with Gasteiger partial charge in [-0.1, -0.05) is 116 Å². The highest BCUT2D eigenvalue weighted by Crippen LogP contribution is 2.30. The predicted octanol–water partition coefficient (Wildman–Crippen LogP) is 9.07. The lowest BCUT2D eigenvalue weighted by atomic mass is 9.84.